The van der Waals surface area contributed by atoms with Gasteiger partial charge in [-0.15, -0.1) is 11.3 Å². The third-order valence-corrected chi connectivity index (χ3v) is 4.57. The van der Waals surface area contributed by atoms with Crippen LogP contribution in [0.15, 0.2) is 23.6 Å². The van der Waals surface area contributed by atoms with Crippen molar-refractivity contribution in [3.05, 3.63) is 34.7 Å². The highest BCUT2D eigenvalue weighted by molar-refractivity contribution is 7.14. The second-order valence-electron chi connectivity index (χ2n) is 5.43. The Morgan fingerprint density at radius 3 is 3.09 bits per heavy atom. The number of hydrogen-bond acceptors (Lipinski definition) is 5. The van der Waals surface area contributed by atoms with E-state index in [0.717, 1.165) is 17.7 Å². The maximum atomic E-state index is 11.9. The van der Waals surface area contributed by atoms with Crippen molar-refractivity contribution in [3.8, 4) is 11.3 Å². The predicted molar refractivity (Wildman–Crippen MR) is 88.1 cm³/mol. The van der Waals surface area contributed by atoms with Gasteiger partial charge < -0.3 is 15.8 Å². The molecule has 0 aliphatic heterocycles. The number of thiazole rings is 1. The molecule has 0 radical (unpaired) electrons. The molecule has 1 unspecified atom stereocenters. The summed E-state index contributed by atoms with van der Waals surface area (Å²) in [5, 5.41) is 5.25. The van der Waals surface area contributed by atoms with E-state index in [0.29, 0.717) is 5.13 Å². The van der Waals surface area contributed by atoms with Crippen LogP contribution in [0.1, 0.15) is 17.5 Å². The summed E-state index contributed by atoms with van der Waals surface area (Å²) in [5.74, 6) is -0.281. The summed E-state index contributed by atoms with van der Waals surface area (Å²) in [5.41, 5.74) is 10.5. The Morgan fingerprint density at radius 1 is 1.45 bits per heavy atom. The van der Waals surface area contributed by atoms with E-state index < -0.39 is 6.04 Å². The first-order valence-electron chi connectivity index (χ1n) is 7.30. The van der Waals surface area contributed by atoms with Crippen molar-refractivity contribution in [1.29, 1.82) is 0 Å². The minimum absolute atomic E-state index is 0.189. The molecule has 6 heteroatoms. The lowest BCUT2D eigenvalue weighted by molar-refractivity contribution is -0.118. The molecule has 1 amide bonds. The van der Waals surface area contributed by atoms with Crippen LogP contribution in [0.5, 0.6) is 0 Å². The first-order valence-corrected chi connectivity index (χ1v) is 8.18. The van der Waals surface area contributed by atoms with Crippen LogP contribution in [-0.4, -0.2) is 30.6 Å². The summed E-state index contributed by atoms with van der Waals surface area (Å²) >= 11 is 1.40. The zero-order valence-electron chi connectivity index (χ0n) is 12.5. The van der Waals surface area contributed by atoms with Crippen LogP contribution in [0.25, 0.3) is 11.3 Å². The molecule has 0 bridgehead atoms. The SMILES string of the molecule is COCC(N)C(=O)Nc1nc(-c2ccc3c(c2)CCC3)cs1. The van der Waals surface area contributed by atoms with Crippen LogP contribution >= 0.6 is 11.3 Å². The summed E-state index contributed by atoms with van der Waals surface area (Å²) in [6, 6.07) is 5.81. The van der Waals surface area contributed by atoms with E-state index in [1.165, 1.54) is 42.4 Å². The van der Waals surface area contributed by atoms with Crippen molar-refractivity contribution in [3.63, 3.8) is 0 Å². The van der Waals surface area contributed by atoms with E-state index in [1.54, 1.807) is 0 Å². The lowest BCUT2D eigenvalue weighted by atomic mass is 10.1. The number of methoxy groups -OCH3 is 1. The summed E-state index contributed by atoms with van der Waals surface area (Å²) in [6.45, 7) is 0.189. The second-order valence-corrected chi connectivity index (χ2v) is 6.28. The molecule has 1 heterocycles. The van der Waals surface area contributed by atoms with Crippen LogP contribution in [-0.2, 0) is 22.4 Å². The molecule has 1 aromatic heterocycles. The van der Waals surface area contributed by atoms with Gasteiger partial charge >= 0.3 is 0 Å². The van der Waals surface area contributed by atoms with Gasteiger partial charge in [-0.2, -0.15) is 0 Å². The molecule has 3 rings (SSSR count). The van der Waals surface area contributed by atoms with Gasteiger partial charge in [0.15, 0.2) is 5.13 Å². The molecule has 1 atom stereocenters. The highest BCUT2D eigenvalue weighted by Crippen LogP contribution is 2.30. The molecular weight excluding hydrogens is 298 g/mol. The Hall–Kier alpha value is -1.76. The van der Waals surface area contributed by atoms with Gasteiger partial charge in [-0.05, 0) is 36.5 Å². The van der Waals surface area contributed by atoms with E-state index in [-0.39, 0.29) is 12.5 Å². The number of nitrogens with two attached hydrogens (primary N) is 1. The fourth-order valence-electron chi connectivity index (χ4n) is 2.65. The summed E-state index contributed by atoms with van der Waals surface area (Å²) < 4.78 is 4.88. The normalized spacial score (nSPS) is 14.6. The maximum Gasteiger partial charge on any atom is 0.245 e. The average Bonchev–Trinajstić information content (AvgIpc) is 3.15. The molecular formula is C16H19N3O2S. The van der Waals surface area contributed by atoms with Crippen LogP contribution < -0.4 is 11.1 Å². The largest absolute Gasteiger partial charge is 0.383 e. The number of anilines is 1. The molecule has 0 saturated heterocycles. The Labute approximate surface area is 133 Å². The van der Waals surface area contributed by atoms with E-state index in [1.807, 2.05) is 5.38 Å². The smallest absolute Gasteiger partial charge is 0.245 e. The Balaban J connectivity index is 1.72. The van der Waals surface area contributed by atoms with Gasteiger partial charge in [0, 0.05) is 18.1 Å². The number of hydrogen-bond donors (Lipinski definition) is 2. The van der Waals surface area contributed by atoms with Gasteiger partial charge in [-0.3, -0.25) is 4.79 Å². The monoisotopic (exact) mass is 317 g/mol. The third-order valence-electron chi connectivity index (χ3n) is 3.81. The summed E-state index contributed by atoms with van der Waals surface area (Å²) in [7, 11) is 1.52. The van der Waals surface area contributed by atoms with Gasteiger partial charge in [-0.25, -0.2) is 4.98 Å². The fourth-order valence-corrected chi connectivity index (χ4v) is 3.37. The highest BCUT2D eigenvalue weighted by Gasteiger charge is 2.16. The van der Waals surface area contributed by atoms with E-state index in [4.69, 9.17) is 10.5 Å². The molecule has 5 nitrogen and oxygen atoms in total. The number of fused-ring (bicyclic) bond motifs is 1. The van der Waals surface area contributed by atoms with Crippen molar-refractivity contribution in [2.24, 2.45) is 5.73 Å². The quantitative estimate of drug-likeness (QED) is 0.886. The van der Waals surface area contributed by atoms with Crippen molar-refractivity contribution < 1.29 is 9.53 Å². The van der Waals surface area contributed by atoms with E-state index in [2.05, 4.69) is 28.5 Å². The van der Waals surface area contributed by atoms with Gasteiger partial charge in [-0.1, -0.05) is 12.1 Å². The molecule has 1 aromatic carbocycles. The number of carbonyl (C=O) groups is 1. The average molecular weight is 317 g/mol. The topological polar surface area (TPSA) is 77.2 Å². The molecule has 1 aliphatic rings. The van der Waals surface area contributed by atoms with Gasteiger partial charge in [0.05, 0.1) is 12.3 Å². The predicted octanol–water partition coefficient (Wildman–Crippen LogP) is 2.21. The number of benzene rings is 1. The van der Waals surface area contributed by atoms with Crippen LogP contribution in [0, 0.1) is 0 Å². The number of nitrogens with one attached hydrogen (secondary N) is 1. The Morgan fingerprint density at radius 2 is 2.27 bits per heavy atom. The molecule has 116 valence electrons. The van der Waals surface area contributed by atoms with Crippen molar-refractivity contribution in [2.45, 2.75) is 25.3 Å². The summed E-state index contributed by atoms with van der Waals surface area (Å²) in [6.07, 6.45) is 3.54. The minimum Gasteiger partial charge on any atom is -0.383 e. The lowest BCUT2D eigenvalue weighted by Gasteiger charge is -2.08. The number of nitrogens with zero attached hydrogens (tertiary/aromatic N) is 1. The number of ether oxygens (including phenoxy) is 1. The summed E-state index contributed by atoms with van der Waals surface area (Å²) in [4.78, 5) is 16.3. The zero-order chi connectivity index (χ0) is 15.5. The van der Waals surface area contributed by atoms with Crippen LogP contribution in [0.2, 0.25) is 0 Å². The second kappa shape index (κ2) is 6.56. The molecule has 22 heavy (non-hydrogen) atoms. The van der Waals surface area contributed by atoms with Crippen molar-refractivity contribution in [1.82, 2.24) is 4.98 Å². The Kier molecular flexibility index (Phi) is 4.52. The molecule has 2 aromatic rings. The Bertz CT molecular complexity index is 684. The molecule has 1 aliphatic carbocycles. The maximum absolute atomic E-state index is 11.9. The zero-order valence-corrected chi connectivity index (χ0v) is 13.3. The van der Waals surface area contributed by atoms with Crippen LogP contribution in [0.4, 0.5) is 5.13 Å². The van der Waals surface area contributed by atoms with Gasteiger partial charge in [0.25, 0.3) is 0 Å². The molecule has 0 saturated carbocycles. The fraction of sp³-hybridized carbons (Fsp3) is 0.375. The number of carbonyl (C=O) groups excluding carboxylic acids is 1. The number of amides is 1. The van der Waals surface area contributed by atoms with Gasteiger partial charge in [0.1, 0.15) is 6.04 Å². The molecule has 0 fully saturated rings. The number of aromatic nitrogens is 1. The van der Waals surface area contributed by atoms with E-state index >= 15 is 0 Å². The first kappa shape index (κ1) is 15.1. The molecule has 0 spiro atoms. The standard InChI is InChI=1S/C16H19N3O2S/c1-21-8-13(17)15(20)19-16-18-14(9-22-16)12-6-5-10-3-2-4-11(10)7-12/h5-7,9,13H,2-4,8,17H2,1H3,(H,18,19,20). The molecule has 3 N–H and O–H groups in total. The van der Waals surface area contributed by atoms with Crippen molar-refractivity contribution in [2.75, 3.05) is 19.0 Å². The van der Waals surface area contributed by atoms with Gasteiger partial charge in [0.2, 0.25) is 5.91 Å². The third kappa shape index (κ3) is 3.19. The van der Waals surface area contributed by atoms with E-state index in [9.17, 15) is 4.79 Å². The first-order chi connectivity index (χ1) is 10.7. The van der Waals surface area contributed by atoms with Crippen molar-refractivity contribution >= 4 is 22.4 Å². The lowest BCUT2D eigenvalue weighted by Crippen LogP contribution is -2.39. The number of aryl methyl sites for hydroxylation is 2. The highest BCUT2D eigenvalue weighted by atomic mass is 32.1. The number of rotatable bonds is 5. The van der Waals surface area contributed by atoms with Crippen LogP contribution in [0.3, 0.4) is 0 Å². The minimum atomic E-state index is -0.683.